The first-order valence-electron chi connectivity index (χ1n) is 13.8. The number of aliphatic hydroxyl groups is 1. The normalized spacial score (nSPS) is 32.7. The second kappa shape index (κ2) is 9.75. The van der Waals surface area contributed by atoms with Gasteiger partial charge in [-0.3, -0.25) is 20.4 Å². The second-order valence-electron chi connectivity index (χ2n) is 11.9. The number of hydrogen-bond donors (Lipinski definition) is 8. The number of rotatable bonds is 5. The lowest BCUT2D eigenvalue weighted by Crippen LogP contribution is -2.78. The number of ether oxygens (including phenoxy) is 1. The minimum atomic E-state index is -1.32. The van der Waals surface area contributed by atoms with Gasteiger partial charge < -0.3 is 41.3 Å². The maximum absolute atomic E-state index is 13.7. The Morgan fingerprint density at radius 1 is 1.27 bits per heavy atom. The summed E-state index contributed by atoms with van der Waals surface area (Å²) in [5, 5.41) is 43.6. The van der Waals surface area contributed by atoms with Gasteiger partial charge in [-0.25, -0.2) is 4.39 Å². The van der Waals surface area contributed by atoms with Gasteiger partial charge in [0.15, 0.2) is 17.6 Å². The molecule has 8 N–H and O–H groups in total. The van der Waals surface area contributed by atoms with E-state index in [-0.39, 0.29) is 48.6 Å². The summed E-state index contributed by atoms with van der Waals surface area (Å²) >= 11 is 0. The standard InChI is InChI=1S/C28H35FN8O4/c1-27(2)9-10-41-20-16(7-4-8-17(20)27)24(40)33-19-13-37-26(31)34-18(21-28(37,22(19)38)36-25(30)35-21)12-32-23(39)14-5-3-6-15(29)11-14/h3-8,14,18-19,21-22,38H,9-13H2,1-2H3,(H2,31,34)(H,32,39)(H,33,40)(H3,30,35,36)/t14?,18-,19?,21-,22+,28-/m0/s1. The van der Waals surface area contributed by atoms with Crippen molar-refractivity contribution in [1.82, 2.24) is 31.5 Å². The molecule has 0 radical (unpaired) electrons. The molecule has 41 heavy (non-hydrogen) atoms. The van der Waals surface area contributed by atoms with Crippen molar-refractivity contribution in [3.05, 3.63) is 53.4 Å². The van der Waals surface area contributed by atoms with Gasteiger partial charge in [0.25, 0.3) is 5.91 Å². The van der Waals surface area contributed by atoms with Crippen LogP contribution in [0, 0.1) is 16.7 Å². The molecule has 5 aliphatic rings. The van der Waals surface area contributed by atoms with Gasteiger partial charge >= 0.3 is 0 Å². The first-order chi connectivity index (χ1) is 19.5. The molecule has 6 rings (SSSR count). The van der Waals surface area contributed by atoms with E-state index in [1.807, 2.05) is 12.1 Å². The van der Waals surface area contributed by atoms with Crippen LogP contribution in [0.3, 0.4) is 0 Å². The Balaban J connectivity index is 1.20. The molecule has 1 aromatic rings. The van der Waals surface area contributed by atoms with E-state index in [1.165, 1.54) is 12.2 Å². The molecule has 3 fully saturated rings. The summed E-state index contributed by atoms with van der Waals surface area (Å²) < 4.78 is 19.6. The first-order valence-corrected chi connectivity index (χ1v) is 13.8. The number of nitrogens with one attached hydrogen (secondary N) is 7. The molecule has 4 heterocycles. The third-order valence-corrected chi connectivity index (χ3v) is 8.90. The van der Waals surface area contributed by atoms with Gasteiger partial charge in [0.1, 0.15) is 17.7 Å². The average Bonchev–Trinajstić information content (AvgIpc) is 3.43. The van der Waals surface area contributed by atoms with Crippen LogP contribution in [0.15, 0.2) is 42.3 Å². The van der Waals surface area contributed by atoms with Gasteiger partial charge in [-0.1, -0.05) is 38.1 Å². The summed E-state index contributed by atoms with van der Waals surface area (Å²) in [6.07, 6.45) is 4.06. The molecule has 0 aromatic heterocycles. The molecule has 2 amide bonds. The molecule has 4 aliphatic heterocycles. The van der Waals surface area contributed by atoms with Crippen molar-refractivity contribution < 1.29 is 23.8 Å². The van der Waals surface area contributed by atoms with Crippen molar-refractivity contribution in [2.75, 3.05) is 19.7 Å². The minimum Gasteiger partial charge on any atom is -0.492 e. The number of allylic oxidation sites excluding steroid dienone is 3. The van der Waals surface area contributed by atoms with Crippen molar-refractivity contribution in [3.63, 3.8) is 0 Å². The van der Waals surface area contributed by atoms with E-state index in [1.54, 1.807) is 17.0 Å². The summed E-state index contributed by atoms with van der Waals surface area (Å²) in [6, 6.07) is 3.46. The van der Waals surface area contributed by atoms with Crippen LogP contribution >= 0.6 is 0 Å². The fourth-order valence-corrected chi connectivity index (χ4v) is 6.66. The largest absolute Gasteiger partial charge is 0.492 e. The molecule has 6 atom stereocenters. The molecule has 1 aliphatic carbocycles. The van der Waals surface area contributed by atoms with Crippen LogP contribution in [0.1, 0.15) is 42.6 Å². The van der Waals surface area contributed by atoms with E-state index in [2.05, 4.69) is 40.4 Å². The smallest absolute Gasteiger partial charge is 0.255 e. The van der Waals surface area contributed by atoms with Gasteiger partial charge in [-0.05, 0) is 24.0 Å². The summed E-state index contributed by atoms with van der Waals surface area (Å²) in [7, 11) is 0. The molecular formula is C28H35FN8O4. The fourth-order valence-electron chi connectivity index (χ4n) is 6.66. The van der Waals surface area contributed by atoms with Gasteiger partial charge in [-0.15, -0.1) is 0 Å². The minimum absolute atomic E-state index is 0.0188. The number of fused-ring (bicyclic) bond motifs is 1. The molecule has 12 nitrogen and oxygen atoms in total. The predicted octanol–water partition coefficient (Wildman–Crippen LogP) is 0.166. The summed E-state index contributed by atoms with van der Waals surface area (Å²) in [6.45, 7) is 4.89. The number of carbonyl (C=O) groups excluding carboxylic acids is 2. The van der Waals surface area contributed by atoms with E-state index in [0.717, 1.165) is 12.0 Å². The van der Waals surface area contributed by atoms with Crippen LogP contribution in [0.4, 0.5) is 4.39 Å². The highest BCUT2D eigenvalue weighted by Crippen LogP contribution is 2.41. The lowest BCUT2D eigenvalue weighted by Gasteiger charge is -2.49. The van der Waals surface area contributed by atoms with Crippen LogP contribution in [0.5, 0.6) is 5.75 Å². The fraction of sp³-hybridized carbons (Fsp3) is 0.500. The number of nitrogens with zero attached hydrogens (tertiary/aromatic N) is 1. The molecule has 0 bridgehead atoms. The Morgan fingerprint density at radius 3 is 2.85 bits per heavy atom. The van der Waals surface area contributed by atoms with E-state index in [0.29, 0.717) is 17.9 Å². The van der Waals surface area contributed by atoms with Crippen LogP contribution in [0.2, 0.25) is 0 Å². The van der Waals surface area contributed by atoms with Crippen LogP contribution in [-0.2, 0) is 10.2 Å². The monoisotopic (exact) mass is 566 g/mol. The molecule has 0 saturated carbocycles. The molecule has 2 unspecified atom stereocenters. The van der Waals surface area contributed by atoms with Crippen molar-refractivity contribution >= 4 is 23.7 Å². The quantitative estimate of drug-likeness (QED) is 0.249. The highest BCUT2D eigenvalue weighted by Gasteiger charge is 2.66. The Labute approximate surface area is 236 Å². The number of benzene rings is 1. The number of carbonyl (C=O) groups is 2. The van der Waals surface area contributed by atoms with Crippen LogP contribution in [0.25, 0.3) is 0 Å². The Hall–Kier alpha value is -4.13. The van der Waals surface area contributed by atoms with Gasteiger partial charge in [0, 0.05) is 25.1 Å². The van der Waals surface area contributed by atoms with E-state index in [9.17, 15) is 19.1 Å². The third-order valence-electron chi connectivity index (χ3n) is 8.90. The maximum Gasteiger partial charge on any atom is 0.255 e. The van der Waals surface area contributed by atoms with Crippen molar-refractivity contribution in [2.45, 2.75) is 62.0 Å². The molecule has 1 spiro atoms. The van der Waals surface area contributed by atoms with Crippen molar-refractivity contribution in [2.24, 2.45) is 5.92 Å². The Kier molecular flexibility index (Phi) is 6.44. The van der Waals surface area contributed by atoms with Crippen LogP contribution < -0.4 is 31.3 Å². The average molecular weight is 567 g/mol. The number of guanidine groups is 2. The lowest BCUT2D eigenvalue weighted by molar-refractivity contribution is -0.123. The van der Waals surface area contributed by atoms with Crippen molar-refractivity contribution in [1.29, 1.82) is 10.8 Å². The Bertz CT molecular complexity index is 1380. The zero-order valence-electron chi connectivity index (χ0n) is 22.9. The molecule has 13 heteroatoms. The summed E-state index contributed by atoms with van der Waals surface area (Å²) in [5.74, 6) is -1.30. The molecule has 1 aromatic carbocycles. The number of halogens is 1. The lowest BCUT2D eigenvalue weighted by atomic mass is 9.79. The topological polar surface area (TPSA) is 175 Å². The Morgan fingerprint density at radius 2 is 2.07 bits per heavy atom. The third kappa shape index (κ3) is 4.39. The highest BCUT2D eigenvalue weighted by molar-refractivity contribution is 5.98. The van der Waals surface area contributed by atoms with E-state index in [4.69, 9.17) is 15.6 Å². The number of aliphatic hydroxyl groups excluding tert-OH is 1. The van der Waals surface area contributed by atoms with E-state index >= 15 is 0 Å². The zero-order valence-corrected chi connectivity index (χ0v) is 22.9. The second-order valence-corrected chi connectivity index (χ2v) is 11.9. The van der Waals surface area contributed by atoms with Crippen molar-refractivity contribution in [3.8, 4) is 5.75 Å². The maximum atomic E-state index is 13.7. The number of hydrogen-bond acceptors (Lipinski definition) is 6. The number of para-hydroxylation sites is 1. The van der Waals surface area contributed by atoms with Gasteiger partial charge in [-0.2, -0.15) is 0 Å². The zero-order chi connectivity index (χ0) is 29.1. The van der Waals surface area contributed by atoms with Crippen LogP contribution in [-0.4, -0.2) is 83.3 Å². The summed E-state index contributed by atoms with van der Waals surface area (Å²) in [4.78, 5) is 27.9. The van der Waals surface area contributed by atoms with Gasteiger partial charge in [0.2, 0.25) is 5.91 Å². The number of amides is 2. The highest BCUT2D eigenvalue weighted by atomic mass is 19.1. The predicted molar refractivity (Wildman–Crippen MR) is 148 cm³/mol. The van der Waals surface area contributed by atoms with Gasteiger partial charge in [0.05, 0.1) is 36.2 Å². The first kappa shape index (κ1) is 27.1. The summed E-state index contributed by atoms with van der Waals surface area (Å²) in [5.41, 5.74) is -0.135. The molecular weight excluding hydrogens is 531 g/mol. The molecule has 3 saturated heterocycles. The molecule has 218 valence electrons. The van der Waals surface area contributed by atoms with E-state index < -0.39 is 41.7 Å². The SMILES string of the molecule is CC1(C)CCOc2c(C(=O)NC3CN4C(=N)N[C@@H](CNC(=O)C5C=CC=C(F)C5)[C@@H]5NC(=N)N[C@@]54[C@@H]3O)cccc21.